The summed E-state index contributed by atoms with van der Waals surface area (Å²) in [6.07, 6.45) is 9.37. The summed E-state index contributed by atoms with van der Waals surface area (Å²) in [5.74, 6) is 0.515. The second-order valence-electron chi connectivity index (χ2n) is 4.32. The van der Waals surface area contributed by atoms with Crippen molar-refractivity contribution in [2.45, 2.75) is 44.1 Å². The molecule has 3 heteroatoms. The van der Waals surface area contributed by atoms with Crippen LogP contribution in [0.2, 0.25) is 0 Å². The molecule has 1 heterocycles. The summed E-state index contributed by atoms with van der Waals surface area (Å²) in [7, 11) is 1.94. The molecule has 0 aromatic carbocycles. The monoisotopic (exact) mass is 194 g/mol. The van der Waals surface area contributed by atoms with Crippen LogP contribution in [0.3, 0.4) is 0 Å². The molecule has 0 radical (unpaired) electrons. The predicted molar refractivity (Wildman–Crippen MR) is 55.0 cm³/mol. The summed E-state index contributed by atoms with van der Waals surface area (Å²) >= 11 is 0. The lowest BCUT2D eigenvalue weighted by atomic mass is 9.93. The summed E-state index contributed by atoms with van der Waals surface area (Å²) in [4.78, 5) is 0. The highest BCUT2D eigenvalue weighted by Crippen LogP contribution is 2.31. The number of aryl methyl sites for hydroxylation is 1. The van der Waals surface area contributed by atoms with Gasteiger partial charge in [-0.15, -0.1) is 0 Å². The van der Waals surface area contributed by atoms with Crippen LogP contribution in [0.5, 0.6) is 0 Å². The molecule has 1 N–H and O–H groups in total. The predicted octanol–water partition coefficient (Wildman–Crippen LogP) is 1.83. The Bertz CT molecular complexity index is 295. The van der Waals surface area contributed by atoms with Crippen molar-refractivity contribution in [1.82, 2.24) is 9.78 Å². The Morgan fingerprint density at radius 2 is 2.21 bits per heavy atom. The normalized spacial score (nSPS) is 28.7. The average molecular weight is 194 g/mol. The third-order valence-electron chi connectivity index (χ3n) is 3.09. The van der Waals surface area contributed by atoms with Crippen molar-refractivity contribution >= 4 is 0 Å². The highest BCUT2D eigenvalue weighted by molar-refractivity contribution is 5.11. The molecule has 0 spiro atoms. The van der Waals surface area contributed by atoms with Crippen molar-refractivity contribution in [3.63, 3.8) is 0 Å². The molecule has 1 saturated carbocycles. The summed E-state index contributed by atoms with van der Waals surface area (Å²) in [6.45, 7) is 0. The largest absolute Gasteiger partial charge is 0.393 e. The van der Waals surface area contributed by atoms with Crippen LogP contribution in [0, 0.1) is 0 Å². The SMILES string of the molecule is Cn1cc(C2CCCCC(O)C2)cn1. The Morgan fingerprint density at radius 1 is 1.43 bits per heavy atom. The van der Waals surface area contributed by atoms with Gasteiger partial charge in [0.05, 0.1) is 12.3 Å². The molecule has 2 atom stereocenters. The van der Waals surface area contributed by atoms with E-state index in [2.05, 4.69) is 11.3 Å². The molecular weight excluding hydrogens is 176 g/mol. The number of aliphatic hydroxyl groups is 1. The molecule has 0 saturated heterocycles. The van der Waals surface area contributed by atoms with Gasteiger partial charge in [0, 0.05) is 13.2 Å². The van der Waals surface area contributed by atoms with E-state index < -0.39 is 0 Å². The van der Waals surface area contributed by atoms with Gasteiger partial charge in [-0.1, -0.05) is 12.8 Å². The summed E-state index contributed by atoms with van der Waals surface area (Å²) in [6, 6.07) is 0. The average Bonchev–Trinajstić information content (AvgIpc) is 2.45. The van der Waals surface area contributed by atoms with Gasteiger partial charge in [0.15, 0.2) is 0 Å². The van der Waals surface area contributed by atoms with E-state index in [1.807, 2.05) is 17.9 Å². The van der Waals surface area contributed by atoms with Crippen molar-refractivity contribution in [3.8, 4) is 0 Å². The molecule has 1 aromatic rings. The maximum atomic E-state index is 9.70. The molecule has 1 aliphatic rings. The summed E-state index contributed by atoms with van der Waals surface area (Å²) < 4.78 is 1.84. The lowest BCUT2D eigenvalue weighted by Crippen LogP contribution is -2.08. The van der Waals surface area contributed by atoms with E-state index in [1.165, 1.54) is 18.4 Å². The summed E-state index contributed by atoms with van der Waals surface area (Å²) in [5.41, 5.74) is 1.29. The van der Waals surface area contributed by atoms with Gasteiger partial charge in [0.2, 0.25) is 0 Å². The zero-order valence-electron chi connectivity index (χ0n) is 8.69. The molecule has 14 heavy (non-hydrogen) atoms. The van der Waals surface area contributed by atoms with E-state index in [-0.39, 0.29) is 6.10 Å². The van der Waals surface area contributed by atoms with Crippen molar-refractivity contribution in [1.29, 1.82) is 0 Å². The number of hydrogen-bond donors (Lipinski definition) is 1. The molecule has 0 bridgehead atoms. The zero-order chi connectivity index (χ0) is 9.97. The van der Waals surface area contributed by atoms with Crippen LogP contribution in [0.15, 0.2) is 12.4 Å². The van der Waals surface area contributed by atoms with Crippen molar-refractivity contribution in [2.75, 3.05) is 0 Å². The third-order valence-corrected chi connectivity index (χ3v) is 3.09. The van der Waals surface area contributed by atoms with Crippen LogP contribution in [0.25, 0.3) is 0 Å². The van der Waals surface area contributed by atoms with Gasteiger partial charge in [-0.3, -0.25) is 4.68 Å². The zero-order valence-corrected chi connectivity index (χ0v) is 8.69. The van der Waals surface area contributed by atoms with E-state index in [1.54, 1.807) is 0 Å². The third kappa shape index (κ3) is 2.15. The Morgan fingerprint density at radius 3 is 2.93 bits per heavy atom. The minimum atomic E-state index is -0.109. The van der Waals surface area contributed by atoms with Crippen LogP contribution in [0.4, 0.5) is 0 Å². The minimum Gasteiger partial charge on any atom is -0.393 e. The number of aliphatic hydroxyl groups excluding tert-OH is 1. The molecule has 78 valence electrons. The molecule has 1 aromatic heterocycles. The van der Waals surface area contributed by atoms with Crippen LogP contribution in [-0.2, 0) is 7.05 Å². The highest BCUT2D eigenvalue weighted by Gasteiger charge is 2.20. The lowest BCUT2D eigenvalue weighted by molar-refractivity contribution is 0.152. The van der Waals surface area contributed by atoms with E-state index in [0.29, 0.717) is 5.92 Å². The topological polar surface area (TPSA) is 38.0 Å². The Balaban J connectivity index is 2.08. The first-order chi connectivity index (χ1) is 6.75. The van der Waals surface area contributed by atoms with Gasteiger partial charge in [-0.05, 0) is 30.7 Å². The van der Waals surface area contributed by atoms with Gasteiger partial charge in [-0.25, -0.2) is 0 Å². The molecule has 0 aliphatic heterocycles. The van der Waals surface area contributed by atoms with E-state index in [4.69, 9.17) is 0 Å². The van der Waals surface area contributed by atoms with Crippen molar-refractivity contribution in [2.24, 2.45) is 7.05 Å². The second-order valence-corrected chi connectivity index (χ2v) is 4.32. The van der Waals surface area contributed by atoms with Gasteiger partial charge in [0.25, 0.3) is 0 Å². The first kappa shape index (κ1) is 9.71. The number of rotatable bonds is 1. The molecular formula is C11H18N2O. The van der Waals surface area contributed by atoms with Crippen molar-refractivity contribution < 1.29 is 5.11 Å². The fourth-order valence-electron chi connectivity index (χ4n) is 2.29. The van der Waals surface area contributed by atoms with Crippen molar-refractivity contribution in [3.05, 3.63) is 18.0 Å². The maximum absolute atomic E-state index is 9.70. The number of nitrogens with zero attached hydrogens (tertiary/aromatic N) is 2. The van der Waals surface area contributed by atoms with Crippen LogP contribution >= 0.6 is 0 Å². The standard InChI is InChI=1S/C11H18N2O/c1-13-8-10(7-12-13)9-4-2-3-5-11(14)6-9/h7-9,11,14H,2-6H2,1H3. The van der Waals surface area contributed by atoms with Crippen LogP contribution in [0.1, 0.15) is 43.6 Å². The quantitative estimate of drug-likeness (QED) is 0.693. The molecule has 0 amide bonds. The highest BCUT2D eigenvalue weighted by atomic mass is 16.3. The van der Waals surface area contributed by atoms with E-state index >= 15 is 0 Å². The fourth-order valence-corrected chi connectivity index (χ4v) is 2.29. The Kier molecular flexibility index (Phi) is 2.87. The van der Waals surface area contributed by atoms with Crippen LogP contribution in [-0.4, -0.2) is 21.0 Å². The van der Waals surface area contributed by atoms with E-state index in [9.17, 15) is 5.11 Å². The lowest BCUT2D eigenvalue weighted by Gasteiger charge is -2.14. The molecule has 2 unspecified atom stereocenters. The Labute approximate surface area is 84.7 Å². The smallest absolute Gasteiger partial charge is 0.0546 e. The molecule has 2 rings (SSSR count). The molecule has 3 nitrogen and oxygen atoms in total. The molecule has 1 aliphatic carbocycles. The first-order valence-corrected chi connectivity index (χ1v) is 5.42. The second kappa shape index (κ2) is 4.13. The van der Waals surface area contributed by atoms with Gasteiger partial charge >= 0.3 is 0 Å². The fraction of sp³-hybridized carbons (Fsp3) is 0.727. The minimum absolute atomic E-state index is 0.109. The number of aromatic nitrogens is 2. The number of hydrogen-bond acceptors (Lipinski definition) is 2. The van der Waals surface area contributed by atoms with Gasteiger partial charge in [0.1, 0.15) is 0 Å². The molecule has 1 fully saturated rings. The van der Waals surface area contributed by atoms with Gasteiger partial charge in [-0.2, -0.15) is 5.10 Å². The van der Waals surface area contributed by atoms with E-state index in [0.717, 1.165) is 19.3 Å². The maximum Gasteiger partial charge on any atom is 0.0546 e. The van der Waals surface area contributed by atoms with Gasteiger partial charge < -0.3 is 5.11 Å². The summed E-state index contributed by atoms with van der Waals surface area (Å²) in [5, 5.41) is 13.9. The Hall–Kier alpha value is -0.830. The first-order valence-electron chi connectivity index (χ1n) is 5.42. The van der Waals surface area contributed by atoms with Crippen LogP contribution < -0.4 is 0 Å².